The molecule has 0 radical (unpaired) electrons. The van der Waals surface area contributed by atoms with Crippen LogP contribution in [0.15, 0.2) is 36.8 Å². The number of hydrogen-bond donors (Lipinski definition) is 2. The molecule has 0 spiro atoms. The van der Waals surface area contributed by atoms with Gasteiger partial charge in [0.05, 0.1) is 12.0 Å². The molecule has 0 bridgehead atoms. The van der Waals surface area contributed by atoms with Crippen molar-refractivity contribution < 1.29 is 19.3 Å². The van der Waals surface area contributed by atoms with Crippen molar-refractivity contribution in [2.75, 3.05) is 6.61 Å². The average Bonchev–Trinajstić information content (AvgIpc) is 3.37. The number of fused-ring (bicyclic) bond motifs is 3. The summed E-state index contributed by atoms with van der Waals surface area (Å²) in [5.74, 6) is -0.586. The quantitative estimate of drug-likeness (QED) is 0.607. The van der Waals surface area contributed by atoms with Crippen LogP contribution in [0, 0.1) is 0 Å². The minimum absolute atomic E-state index is 0.0729. The fourth-order valence-corrected chi connectivity index (χ4v) is 4.47. The first-order valence-corrected chi connectivity index (χ1v) is 10.5. The van der Waals surface area contributed by atoms with E-state index in [4.69, 9.17) is 25.8 Å². The van der Waals surface area contributed by atoms with Gasteiger partial charge in [0.2, 0.25) is 0 Å². The van der Waals surface area contributed by atoms with Crippen molar-refractivity contribution in [2.24, 2.45) is 0 Å². The van der Waals surface area contributed by atoms with E-state index in [1.807, 2.05) is 26.0 Å². The number of nitrogens with one attached hydrogen (secondary N) is 1. The van der Waals surface area contributed by atoms with Gasteiger partial charge in [0.15, 0.2) is 5.79 Å². The molecule has 3 aliphatic rings. The Morgan fingerprint density at radius 1 is 1.17 bits per heavy atom. The average molecular weight is 430 g/mol. The van der Waals surface area contributed by atoms with Gasteiger partial charge in [-0.05, 0) is 49.4 Å². The number of ether oxygens (including phenoxy) is 3. The number of halogens is 1. The largest absolute Gasteiger partial charge is 0.386 e. The van der Waals surface area contributed by atoms with Gasteiger partial charge in [-0.15, -0.1) is 0 Å². The highest BCUT2D eigenvalue weighted by Gasteiger charge is 2.52. The summed E-state index contributed by atoms with van der Waals surface area (Å²) in [4.78, 5) is 10.7. The lowest BCUT2D eigenvalue weighted by Gasteiger charge is -2.27. The number of nitrogens with zero attached hydrogens (tertiary/aromatic N) is 2. The van der Waals surface area contributed by atoms with E-state index in [9.17, 15) is 5.11 Å². The van der Waals surface area contributed by atoms with Gasteiger partial charge >= 0.3 is 0 Å². The summed E-state index contributed by atoms with van der Waals surface area (Å²) in [6.45, 7) is 4.29. The molecule has 2 aliphatic heterocycles. The zero-order chi connectivity index (χ0) is 20.9. The fourth-order valence-electron chi connectivity index (χ4n) is 4.27. The summed E-state index contributed by atoms with van der Waals surface area (Å²) in [5, 5.41) is 12.0. The first-order valence-electron chi connectivity index (χ1n) is 10.1. The molecule has 7 nitrogen and oxygen atoms in total. The highest BCUT2D eigenvalue weighted by molar-refractivity contribution is 6.33. The van der Waals surface area contributed by atoms with Crippen molar-refractivity contribution >= 4 is 22.6 Å². The molecule has 158 valence electrons. The molecule has 4 unspecified atom stereocenters. The van der Waals surface area contributed by atoms with E-state index in [2.05, 4.69) is 27.1 Å². The molecule has 3 aromatic rings. The maximum absolute atomic E-state index is 10.6. The van der Waals surface area contributed by atoms with Crippen LogP contribution in [0.3, 0.4) is 0 Å². The highest BCUT2D eigenvalue weighted by Crippen LogP contribution is 2.40. The molecule has 6 rings (SSSR count). The van der Waals surface area contributed by atoms with Gasteiger partial charge in [0.1, 0.15) is 41.5 Å². The highest BCUT2D eigenvalue weighted by atomic mass is 35.5. The van der Waals surface area contributed by atoms with Crippen LogP contribution in [-0.2, 0) is 27.1 Å². The number of benzene rings is 1. The fraction of sp³-hybridized carbons (Fsp3) is 0.455. The summed E-state index contributed by atoms with van der Waals surface area (Å²) >= 11 is 5.73. The lowest BCUT2D eigenvalue weighted by molar-refractivity contribution is -0.184. The van der Waals surface area contributed by atoms with E-state index in [1.54, 1.807) is 6.20 Å². The second-order valence-electron chi connectivity index (χ2n) is 8.31. The van der Waals surface area contributed by atoms with Gasteiger partial charge in [-0.25, -0.2) is 9.97 Å². The molecule has 4 atom stereocenters. The normalized spacial score (nSPS) is 27.0. The number of aliphatic hydroxyl groups excluding tert-OH is 1. The molecule has 2 aromatic heterocycles. The topological polar surface area (TPSA) is 89.5 Å². The summed E-state index contributed by atoms with van der Waals surface area (Å²) in [7, 11) is 0. The van der Waals surface area contributed by atoms with Gasteiger partial charge in [-0.1, -0.05) is 29.8 Å². The maximum Gasteiger partial charge on any atom is 0.164 e. The van der Waals surface area contributed by atoms with Crippen LogP contribution in [0.25, 0.3) is 11.0 Å². The Bertz CT molecular complexity index is 1070. The van der Waals surface area contributed by atoms with Crippen LogP contribution in [0.5, 0.6) is 0 Å². The smallest absolute Gasteiger partial charge is 0.164 e. The lowest BCUT2D eigenvalue weighted by atomic mass is 9.85. The minimum Gasteiger partial charge on any atom is -0.386 e. The van der Waals surface area contributed by atoms with Crippen molar-refractivity contribution in [1.82, 2.24) is 15.0 Å². The van der Waals surface area contributed by atoms with Gasteiger partial charge in [-0.3, -0.25) is 0 Å². The molecule has 8 heteroatoms. The Morgan fingerprint density at radius 3 is 2.73 bits per heavy atom. The van der Waals surface area contributed by atoms with Crippen molar-refractivity contribution in [2.45, 2.75) is 56.9 Å². The number of aromatic amines is 1. The molecule has 0 saturated carbocycles. The molecule has 1 aliphatic carbocycles. The Morgan fingerprint density at radius 2 is 2.00 bits per heavy atom. The van der Waals surface area contributed by atoms with Gasteiger partial charge in [0.25, 0.3) is 0 Å². The van der Waals surface area contributed by atoms with Crippen molar-refractivity contribution in [1.29, 1.82) is 0 Å². The first-order chi connectivity index (χ1) is 14.4. The van der Waals surface area contributed by atoms with Gasteiger partial charge in [0, 0.05) is 6.20 Å². The molecule has 1 aromatic carbocycles. The number of aromatic nitrogens is 3. The molecular formula is C22H24ClN3O4. The lowest BCUT2D eigenvalue weighted by Crippen LogP contribution is -2.34. The SMILES string of the molecule is CC1(C)OC2COC(C(O)c3ccc4c(c3)CC4)C2O1.Clc1ncnc2[nH]ccc12. The van der Waals surface area contributed by atoms with Crippen LogP contribution in [0.2, 0.25) is 5.15 Å². The van der Waals surface area contributed by atoms with Crippen molar-refractivity contribution in [3.05, 3.63) is 58.6 Å². The zero-order valence-electron chi connectivity index (χ0n) is 16.8. The van der Waals surface area contributed by atoms with Crippen molar-refractivity contribution in [3.63, 3.8) is 0 Å². The minimum atomic E-state index is -0.659. The zero-order valence-corrected chi connectivity index (χ0v) is 17.6. The summed E-state index contributed by atoms with van der Waals surface area (Å²) in [5.41, 5.74) is 4.44. The number of rotatable bonds is 2. The second kappa shape index (κ2) is 7.59. The van der Waals surface area contributed by atoms with Crippen LogP contribution in [0.1, 0.15) is 36.6 Å². The Hall–Kier alpha value is -2.03. The monoisotopic (exact) mass is 429 g/mol. The first kappa shape index (κ1) is 19.9. The summed E-state index contributed by atoms with van der Waals surface area (Å²) in [6.07, 6.45) is 4.21. The Balaban J connectivity index is 0.000000161. The number of hydrogen-bond acceptors (Lipinski definition) is 6. The number of aryl methyl sites for hydroxylation is 2. The second-order valence-corrected chi connectivity index (χ2v) is 8.67. The molecule has 30 heavy (non-hydrogen) atoms. The standard InChI is InChI=1S/C16H20O4.C6H4ClN3/c1-16(2)19-12-8-18-15(14(12)20-16)13(17)11-6-4-9-3-5-10(9)7-11;7-5-4-1-2-8-6(4)10-3-9-5/h4,6-7,12-15,17H,3,5,8H2,1-2H3;1-3H,(H,8,9,10). The molecule has 2 fully saturated rings. The molecule has 2 saturated heterocycles. The maximum atomic E-state index is 10.6. The summed E-state index contributed by atoms with van der Waals surface area (Å²) < 4.78 is 17.4. The third kappa shape index (κ3) is 3.61. The third-order valence-corrected chi connectivity index (χ3v) is 6.15. The van der Waals surface area contributed by atoms with Crippen LogP contribution >= 0.6 is 11.6 Å². The predicted octanol–water partition coefficient (Wildman–Crippen LogP) is 3.35. The van der Waals surface area contributed by atoms with E-state index in [-0.39, 0.29) is 18.3 Å². The van der Waals surface area contributed by atoms with Crippen LogP contribution in [-0.4, -0.2) is 50.8 Å². The van der Waals surface area contributed by atoms with Gasteiger partial charge in [-0.2, -0.15) is 0 Å². The van der Waals surface area contributed by atoms with Gasteiger partial charge < -0.3 is 24.3 Å². The Kier molecular flexibility index (Phi) is 5.03. The van der Waals surface area contributed by atoms with E-state index in [0.29, 0.717) is 11.8 Å². The number of H-pyrrole nitrogens is 1. The van der Waals surface area contributed by atoms with Crippen molar-refractivity contribution in [3.8, 4) is 0 Å². The molecule has 2 N–H and O–H groups in total. The van der Waals surface area contributed by atoms with Crippen LogP contribution in [0.4, 0.5) is 0 Å². The predicted molar refractivity (Wildman–Crippen MR) is 111 cm³/mol. The van der Waals surface area contributed by atoms with E-state index in [1.165, 1.54) is 17.5 Å². The molecule has 4 heterocycles. The van der Waals surface area contributed by atoms with Crippen LogP contribution < -0.4 is 0 Å². The Labute approximate surface area is 179 Å². The number of aliphatic hydroxyl groups is 1. The molecular weight excluding hydrogens is 406 g/mol. The van der Waals surface area contributed by atoms with E-state index >= 15 is 0 Å². The third-order valence-electron chi connectivity index (χ3n) is 5.85. The van der Waals surface area contributed by atoms with E-state index in [0.717, 1.165) is 29.4 Å². The summed E-state index contributed by atoms with van der Waals surface area (Å²) in [6, 6.07) is 8.05. The van der Waals surface area contributed by atoms with E-state index < -0.39 is 11.9 Å². The molecule has 0 amide bonds.